The Bertz CT molecular complexity index is 532. The van der Waals surface area contributed by atoms with Crippen molar-refractivity contribution in [3.8, 4) is 11.5 Å². The molecule has 0 amide bonds. The molecule has 1 aromatic carbocycles. The summed E-state index contributed by atoms with van der Waals surface area (Å²) in [6, 6.07) is 5.84. The van der Waals surface area contributed by atoms with E-state index in [1.807, 2.05) is 23.6 Å². The van der Waals surface area contributed by atoms with Crippen LogP contribution in [0, 0.1) is 0 Å². The highest BCUT2D eigenvalue weighted by Gasteiger charge is 2.07. The molecule has 0 saturated heterocycles. The molecule has 21 heavy (non-hydrogen) atoms. The summed E-state index contributed by atoms with van der Waals surface area (Å²) in [6.45, 7) is 2.67. The molecule has 0 atom stereocenters. The topological polar surface area (TPSA) is 52.6 Å². The highest BCUT2D eigenvalue weighted by atomic mass is 32.1. The zero-order valence-electron chi connectivity index (χ0n) is 12.3. The van der Waals surface area contributed by atoms with Gasteiger partial charge in [0, 0.05) is 37.2 Å². The fourth-order valence-electron chi connectivity index (χ4n) is 1.80. The normalized spacial score (nSPS) is 10.6. The van der Waals surface area contributed by atoms with Gasteiger partial charge in [0.2, 0.25) is 0 Å². The first-order chi connectivity index (χ1) is 10.3. The molecule has 114 valence electrons. The van der Waals surface area contributed by atoms with Crippen molar-refractivity contribution in [3.63, 3.8) is 0 Å². The van der Waals surface area contributed by atoms with Gasteiger partial charge in [-0.1, -0.05) is 6.07 Å². The number of hydrogen-bond acceptors (Lipinski definition) is 6. The summed E-state index contributed by atoms with van der Waals surface area (Å²) in [5, 5.41) is 5.30. The van der Waals surface area contributed by atoms with Crippen molar-refractivity contribution in [2.45, 2.75) is 13.2 Å². The monoisotopic (exact) mass is 308 g/mol. The number of nitrogens with one attached hydrogen (secondary N) is 1. The lowest BCUT2D eigenvalue weighted by Crippen LogP contribution is -2.19. The zero-order chi connectivity index (χ0) is 14.9. The molecule has 0 saturated carbocycles. The second kappa shape index (κ2) is 8.61. The Hall–Kier alpha value is -1.63. The van der Waals surface area contributed by atoms with Gasteiger partial charge in [0.1, 0.15) is 18.1 Å². The number of rotatable bonds is 9. The van der Waals surface area contributed by atoms with E-state index in [1.165, 1.54) is 0 Å². The lowest BCUT2D eigenvalue weighted by Gasteiger charge is -2.13. The Balaban J connectivity index is 2.00. The van der Waals surface area contributed by atoms with E-state index in [0.717, 1.165) is 35.8 Å². The smallest absolute Gasteiger partial charge is 0.131 e. The number of aromatic nitrogens is 1. The number of nitrogens with zero attached hydrogens (tertiary/aromatic N) is 1. The van der Waals surface area contributed by atoms with Crippen LogP contribution in [0.5, 0.6) is 11.5 Å². The second-order valence-electron chi connectivity index (χ2n) is 4.41. The van der Waals surface area contributed by atoms with Crippen molar-refractivity contribution in [2.75, 3.05) is 27.4 Å². The summed E-state index contributed by atoms with van der Waals surface area (Å²) in [7, 11) is 3.34. The van der Waals surface area contributed by atoms with Gasteiger partial charge in [-0.15, -0.1) is 11.3 Å². The van der Waals surface area contributed by atoms with Gasteiger partial charge in [-0.25, -0.2) is 4.98 Å². The van der Waals surface area contributed by atoms with E-state index < -0.39 is 0 Å². The van der Waals surface area contributed by atoms with E-state index in [9.17, 15) is 0 Å². The molecule has 0 spiro atoms. The maximum atomic E-state index is 5.87. The Morgan fingerprint density at radius 1 is 1.29 bits per heavy atom. The van der Waals surface area contributed by atoms with E-state index in [2.05, 4.69) is 10.3 Å². The summed E-state index contributed by atoms with van der Waals surface area (Å²) in [5.74, 6) is 1.59. The first kappa shape index (κ1) is 15.8. The molecular formula is C15H20N2O3S. The molecule has 0 aliphatic heterocycles. The lowest BCUT2D eigenvalue weighted by molar-refractivity contribution is 0.199. The third-order valence-electron chi connectivity index (χ3n) is 2.93. The minimum atomic E-state index is 0.460. The third kappa shape index (κ3) is 5.00. The number of thiazole rings is 1. The minimum absolute atomic E-state index is 0.460. The predicted molar refractivity (Wildman–Crippen MR) is 83.0 cm³/mol. The van der Waals surface area contributed by atoms with Crippen molar-refractivity contribution in [1.29, 1.82) is 0 Å². The summed E-state index contributed by atoms with van der Waals surface area (Å²) in [6.07, 6.45) is 0. The van der Waals surface area contributed by atoms with E-state index in [-0.39, 0.29) is 0 Å². The Kier molecular flexibility index (Phi) is 6.46. The Morgan fingerprint density at radius 2 is 2.19 bits per heavy atom. The summed E-state index contributed by atoms with van der Waals surface area (Å²) in [5.41, 5.74) is 3.82. The first-order valence-corrected chi connectivity index (χ1v) is 7.64. The number of benzene rings is 1. The quantitative estimate of drug-likeness (QED) is 0.721. The Labute approximate surface area is 128 Å². The van der Waals surface area contributed by atoms with Gasteiger partial charge in [-0.05, 0) is 6.07 Å². The van der Waals surface area contributed by atoms with Crippen LogP contribution >= 0.6 is 11.3 Å². The first-order valence-electron chi connectivity index (χ1n) is 6.70. The molecule has 0 radical (unpaired) electrons. The van der Waals surface area contributed by atoms with E-state index in [0.29, 0.717) is 13.2 Å². The van der Waals surface area contributed by atoms with Crippen LogP contribution in [0.3, 0.4) is 0 Å². The summed E-state index contributed by atoms with van der Waals surface area (Å²) in [4.78, 5) is 4.22. The summed E-state index contributed by atoms with van der Waals surface area (Å²) >= 11 is 1.56. The van der Waals surface area contributed by atoms with Gasteiger partial charge >= 0.3 is 0 Å². The van der Waals surface area contributed by atoms with Crippen molar-refractivity contribution in [1.82, 2.24) is 10.3 Å². The van der Waals surface area contributed by atoms with Gasteiger partial charge in [-0.2, -0.15) is 0 Å². The minimum Gasteiger partial charge on any atom is -0.497 e. The van der Waals surface area contributed by atoms with Gasteiger partial charge in [0.15, 0.2) is 0 Å². The van der Waals surface area contributed by atoms with Crippen LogP contribution in [-0.4, -0.2) is 32.4 Å². The van der Waals surface area contributed by atoms with E-state index in [1.54, 1.807) is 31.1 Å². The van der Waals surface area contributed by atoms with Crippen LogP contribution < -0.4 is 14.8 Å². The highest BCUT2D eigenvalue weighted by molar-refractivity contribution is 7.07. The molecule has 1 N–H and O–H groups in total. The Morgan fingerprint density at radius 3 is 2.90 bits per heavy atom. The predicted octanol–water partition coefficient (Wildman–Crippen LogP) is 2.47. The van der Waals surface area contributed by atoms with Crippen molar-refractivity contribution < 1.29 is 14.2 Å². The zero-order valence-corrected chi connectivity index (χ0v) is 13.1. The van der Waals surface area contributed by atoms with Gasteiger partial charge in [-0.3, -0.25) is 0 Å². The van der Waals surface area contributed by atoms with E-state index >= 15 is 0 Å². The average molecular weight is 308 g/mol. The van der Waals surface area contributed by atoms with Crippen LogP contribution in [-0.2, 0) is 17.9 Å². The third-order valence-corrected chi connectivity index (χ3v) is 3.57. The number of hydrogen-bond donors (Lipinski definition) is 1. The average Bonchev–Trinajstić information content (AvgIpc) is 3.03. The van der Waals surface area contributed by atoms with Crippen molar-refractivity contribution in [2.24, 2.45) is 0 Å². The van der Waals surface area contributed by atoms with Gasteiger partial charge in [0.05, 0.1) is 24.9 Å². The van der Waals surface area contributed by atoms with Crippen LogP contribution in [0.1, 0.15) is 11.3 Å². The van der Waals surface area contributed by atoms with Gasteiger partial charge < -0.3 is 19.5 Å². The fraction of sp³-hybridized carbons (Fsp3) is 0.400. The molecule has 0 aliphatic rings. The van der Waals surface area contributed by atoms with Crippen LogP contribution in [0.25, 0.3) is 0 Å². The van der Waals surface area contributed by atoms with Crippen molar-refractivity contribution in [3.05, 3.63) is 40.3 Å². The molecule has 0 fully saturated rings. The fourth-order valence-corrected chi connectivity index (χ4v) is 2.34. The van der Waals surface area contributed by atoms with Crippen molar-refractivity contribution >= 4 is 11.3 Å². The molecule has 5 nitrogen and oxygen atoms in total. The SMILES string of the molecule is COCCNCc1ccc(OC)cc1OCc1cscn1. The molecular weight excluding hydrogens is 288 g/mol. The maximum Gasteiger partial charge on any atom is 0.131 e. The molecule has 0 aliphatic carbocycles. The molecule has 1 aromatic heterocycles. The van der Waals surface area contributed by atoms with Crippen LogP contribution in [0.4, 0.5) is 0 Å². The number of ether oxygens (including phenoxy) is 3. The molecule has 1 heterocycles. The van der Waals surface area contributed by atoms with Gasteiger partial charge in [0.25, 0.3) is 0 Å². The number of methoxy groups -OCH3 is 2. The molecule has 0 bridgehead atoms. The standard InChI is InChI=1S/C15H20N2O3S/c1-18-6-5-16-8-12-3-4-14(19-2)7-15(12)20-9-13-10-21-11-17-13/h3-4,7,10-11,16H,5-6,8-9H2,1-2H3. The highest BCUT2D eigenvalue weighted by Crippen LogP contribution is 2.25. The molecule has 6 heteroatoms. The largest absolute Gasteiger partial charge is 0.497 e. The van der Waals surface area contributed by atoms with Crippen LogP contribution in [0.2, 0.25) is 0 Å². The van der Waals surface area contributed by atoms with E-state index in [4.69, 9.17) is 14.2 Å². The van der Waals surface area contributed by atoms with Crippen LogP contribution in [0.15, 0.2) is 29.1 Å². The summed E-state index contributed by atoms with van der Waals surface area (Å²) < 4.78 is 16.2. The second-order valence-corrected chi connectivity index (χ2v) is 5.13. The maximum absolute atomic E-state index is 5.87. The molecule has 2 aromatic rings. The lowest BCUT2D eigenvalue weighted by atomic mass is 10.2. The molecule has 2 rings (SSSR count). The molecule has 0 unspecified atom stereocenters.